The number of hydrogen-bond donors (Lipinski definition) is 1. The molecule has 0 heterocycles. The number of nitro benzene ring substituents is 1. The fourth-order valence-corrected chi connectivity index (χ4v) is 2.84. The normalized spacial score (nSPS) is 10.8. The molecule has 7 heteroatoms. The van der Waals surface area contributed by atoms with Crippen LogP contribution < -0.4 is 10.1 Å². The summed E-state index contributed by atoms with van der Waals surface area (Å²) < 4.78 is 5.77. The van der Waals surface area contributed by atoms with E-state index >= 15 is 0 Å². The third-order valence-electron chi connectivity index (χ3n) is 4.38. The van der Waals surface area contributed by atoms with Crippen LogP contribution in [0.1, 0.15) is 16.7 Å². The van der Waals surface area contributed by atoms with Gasteiger partial charge in [0.2, 0.25) is 0 Å². The zero-order chi connectivity index (χ0) is 22.2. The van der Waals surface area contributed by atoms with Crippen molar-refractivity contribution in [3.05, 3.63) is 105 Å². The second-order valence-electron chi connectivity index (χ2n) is 6.75. The average molecular weight is 413 g/mol. The molecule has 154 valence electrons. The molecule has 0 fully saturated rings. The third kappa shape index (κ3) is 5.78. The van der Waals surface area contributed by atoms with Crippen molar-refractivity contribution in [2.45, 2.75) is 13.5 Å². The second-order valence-corrected chi connectivity index (χ2v) is 6.75. The number of benzene rings is 3. The Kier molecular flexibility index (Phi) is 6.76. The number of aryl methyl sites for hydroxylation is 1. The molecule has 0 atom stereocenters. The number of ether oxygens (including phenoxy) is 1. The van der Waals surface area contributed by atoms with E-state index < -0.39 is 10.8 Å². The molecule has 7 nitrogen and oxygen atoms in total. The van der Waals surface area contributed by atoms with E-state index in [-0.39, 0.29) is 16.9 Å². The molecule has 1 N–H and O–H groups in total. The number of carbonyl (C=O) groups is 1. The number of rotatable bonds is 7. The molecule has 0 saturated carbocycles. The lowest BCUT2D eigenvalue weighted by molar-refractivity contribution is -0.384. The predicted octanol–water partition coefficient (Wildman–Crippen LogP) is 5.03. The van der Waals surface area contributed by atoms with Crippen molar-refractivity contribution in [1.29, 1.82) is 5.26 Å². The smallest absolute Gasteiger partial charge is 0.293 e. The predicted molar refractivity (Wildman–Crippen MR) is 117 cm³/mol. The minimum Gasteiger partial charge on any atom is -0.489 e. The maximum absolute atomic E-state index is 12.5. The van der Waals surface area contributed by atoms with Gasteiger partial charge in [0.25, 0.3) is 11.6 Å². The van der Waals surface area contributed by atoms with Gasteiger partial charge in [0.05, 0.1) is 4.92 Å². The average Bonchev–Trinajstić information content (AvgIpc) is 2.78. The highest BCUT2D eigenvalue weighted by atomic mass is 16.6. The van der Waals surface area contributed by atoms with Gasteiger partial charge in [0, 0.05) is 6.07 Å². The van der Waals surface area contributed by atoms with Crippen LogP contribution in [-0.2, 0) is 11.4 Å². The Morgan fingerprint density at radius 1 is 1.13 bits per heavy atom. The fourth-order valence-electron chi connectivity index (χ4n) is 2.84. The third-order valence-corrected chi connectivity index (χ3v) is 4.38. The zero-order valence-electron chi connectivity index (χ0n) is 16.7. The first kappa shape index (κ1) is 21.3. The molecular weight excluding hydrogens is 394 g/mol. The van der Waals surface area contributed by atoms with Gasteiger partial charge in [-0.15, -0.1) is 0 Å². The van der Waals surface area contributed by atoms with Crippen molar-refractivity contribution < 1.29 is 14.5 Å². The summed E-state index contributed by atoms with van der Waals surface area (Å²) in [5.41, 5.74) is 1.91. The number of hydrogen-bond acceptors (Lipinski definition) is 5. The largest absolute Gasteiger partial charge is 0.489 e. The SMILES string of the molecule is Cc1ccc(NC(=O)/C(C#N)=C/c2cccc(OCc3ccccc3)c2)c([N+](=O)[O-])c1. The number of nitro groups is 1. The van der Waals surface area contributed by atoms with E-state index in [9.17, 15) is 20.2 Å². The Morgan fingerprint density at radius 2 is 1.90 bits per heavy atom. The van der Waals surface area contributed by atoms with Crippen LogP contribution in [0.15, 0.2) is 78.4 Å². The van der Waals surface area contributed by atoms with Gasteiger partial charge in [0.1, 0.15) is 29.7 Å². The second kappa shape index (κ2) is 9.85. The van der Waals surface area contributed by atoms with Crippen LogP contribution in [0.25, 0.3) is 6.08 Å². The zero-order valence-corrected chi connectivity index (χ0v) is 16.7. The fraction of sp³-hybridized carbons (Fsp3) is 0.0833. The molecule has 31 heavy (non-hydrogen) atoms. The summed E-state index contributed by atoms with van der Waals surface area (Å²) >= 11 is 0. The molecule has 0 spiro atoms. The first-order valence-corrected chi connectivity index (χ1v) is 9.41. The maximum Gasteiger partial charge on any atom is 0.293 e. The van der Waals surface area contributed by atoms with E-state index in [0.29, 0.717) is 23.5 Å². The van der Waals surface area contributed by atoms with Crippen LogP contribution >= 0.6 is 0 Å². The first-order chi connectivity index (χ1) is 15.0. The molecule has 3 aromatic rings. The molecule has 0 aliphatic carbocycles. The highest BCUT2D eigenvalue weighted by Gasteiger charge is 2.18. The van der Waals surface area contributed by atoms with Crippen LogP contribution in [0, 0.1) is 28.4 Å². The molecule has 0 bridgehead atoms. The van der Waals surface area contributed by atoms with Crippen molar-refractivity contribution >= 4 is 23.4 Å². The standard InChI is InChI=1S/C24H19N3O4/c1-17-10-11-22(23(12-17)27(29)30)26-24(28)20(15-25)13-19-8-5-9-21(14-19)31-16-18-6-3-2-4-7-18/h2-14H,16H2,1H3,(H,26,28)/b20-13+. The topological polar surface area (TPSA) is 105 Å². The minimum atomic E-state index is -0.731. The lowest BCUT2D eigenvalue weighted by Gasteiger charge is -2.08. The van der Waals surface area contributed by atoms with Crippen molar-refractivity contribution in [1.82, 2.24) is 0 Å². The number of nitriles is 1. The van der Waals surface area contributed by atoms with Crippen LogP contribution in [0.5, 0.6) is 5.75 Å². The van der Waals surface area contributed by atoms with Gasteiger partial charge in [-0.1, -0.05) is 48.5 Å². The highest BCUT2D eigenvalue weighted by Crippen LogP contribution is 2.26. The summed E-state index contributed by atoms with van der Waals surface area (Å²) in [5.74, 6) is -0.144. The van der Waals surface area contributed by atoms with Gasteiger partial charge >= 0.3 is 0 Å². The summed E-state index contributed by atoms with van der Waals surface area (Å²) in [7, 11) is 0. The van der Waals surface area contributed by atoms with Gasteiger partial charge < -0.3 is 10.1 Å². The molecule has 1 amide bonds. The number of carbonyl (C=O) groups excluding carboxylic acids is 1. The molecule has 0 aliphatic heterocycles. The Morgan fingerprint density at radius 3 is 2.61 bits per heavy atom. The van der Waals surface area contributed by atoms with E-state index in [0.717, 1.165) is 5.56 Å². The first-order valence-electron chi connectivity index (χ1n) is 9.41. The van der Waals surface area contributed by atoms with Gasteiger partial charge in [0.15, 0.2) is 0 Å². The van der Waals surface area contributed by atoms with Crippen molar-refractivity contribution in [3.63, 3.8) is 0 Å². The summed E-state index contributed by atoms with van der Waals surface area (Å²) in [5, 5.41) is 23.1. The molecule has 0 aliphatic rings. The van der Waals surface area contributed by atoms with E-state index in [2.05, 4.69) is 5.32 Å². The van der Waals surface area contributed by atoms with Crippen molar-refractivity contribution in [2.75, 3.05) is 5.32 Å². The lowest BCUT2D eigenvalue weighted by Crippen LogP contribution is -2.14. The molecule has 0 aromatic heterocycles. The van der Waals surface area contributed by atoms with E-state index in [1.807, 2.05) is 36.4 Å². The number of nitrogens with zero attached hydrogens (tertiary/aromatic N) is 2. The van der Waals surface area contributed by atoms with Crippen LogP contribution in [0.4, 0.5) is 11.4 Å². The van der Waals surface area contributed by atoms with Crippen LogP contribution in [0.3, 0.4) is 0 Å². The molecule has 3 aromatic carbocycles. The van der Waals surface area contributed by atoms with Gasteiger partial charge in [-0.05, 0) is 47.9 Å². The van der Waals surface area contributed by atoms with Crippen molar-refractivity contribution in [2.24, 2.45) is 0 Å². The Balaban J connectivity index is 1.76. The highest BCUT2D eigenvalue weighted by molar-refractivity contribution is 6.10. The summed E-state index contributed by atoms with van der Waals surface area (Å²) in [4.78, 5) is 23.2. The Bertz CT molecular complexity index is 1180. The van der Waals surface area contributed by atoms with Crippen LogP contribution in [0.2, 0.25) is 0 Å². The summed E-state index contributed by atoms with van der Waals surface area (Å²) in [6.45, 7) is 2.10. The van der Waals surface area contributed by atoms with Crippen molar-refractivity contribution in [3.8, 4) is 11.8 Å². The minimum absolute atomic E-state index is 0.0293. The maximum atomic E-state index is 12.5. The molecule has 0 radical (unpaired) electrons. The number of amides is 1. The molecule has 0 saturated heterocycles. The Labute approximate surface area is 179 Å². The van der Waals surface area contributed by atoms with Gasteiger partial charge in [-0.25, -0.2) is 0 Å². The number of anilines is 1. The van der Waals surface area contributed by atoms with E-state index in [1.54, 1.807) is 37.3 Å². The molecule has 0 unspecified atom stereocenters. The summed E-state index contributed by atoms with van der Waals surface area (Å²) in [6.07, 6.45) is 1.41. The van der Waals surface area contributed by atoms with Crippen LogP contribution in [-0.4, -0.2) is 10.8 Å². The quantitative estimate of drug-likeness (QED) is 0.253. The number of nitrogens with one attached hydrogen (secondary N) is 1. The van der Waals surface area contributed by atoms with Gasteiger partial charge in [-0.2, -0.15) is 5.26 Å². The van der Waals surface area contributed by atoms with Gasteiger partial charge in [-0.3, -0.25) is 14.9 Å². The summed E-state index contributed by atoms with van der Waals surface area (Å²) in [6, 6.07) is 22.9. The Hall–Kier alpha value is -4.44. The van der Waals surface area contributed by atoms with E-state index in [4.69, 9.17) is 4.74 Å². The lowest BCUT2D eigenvalue weighted by atomic mass is 10.1. The molecule has 3 rings (SSSR count). The monoisotopic (exact) mass is 413 g/mol. The molecular formula is C24H19N3O4. The van der Waals surface area contributed by atoms with E-state index in [1.165, 1.54) is 18.2 Å².